The summed E-state index contributed by atoms with van der Waals surface area (Å²) in [7, 11) is -2.45. The van der Waals surface area contributed by atoms with Crippen molar-refractivity contribution >= 4 is 21.7 Å². The highest BCUT2D eigenvalue weighted by atomic mass is 32.2. The predicted molar refractivity (Wildman–Crippen MR) is 121 cm³/mol. The first-order valence-electron chi connectivity index (χ1n) is 9.85. The van der Waals surface area contributed by atoms with Crippen LogP contribution in [0.4, 0.5) is 5.69 Å². The number of aryl methyl sites for hydroxylation is 2. The van der Waals surface area contributed by atoms with E-state index >= 15 is 0 Å². The van der Waals surface area contributed by atoms with Gasteiger partial charge < -0.3 is 4.74 Å². The highest BCUT2D eigenvalue weighted by Gasteiger charge is 2.22. The van der Waals surface area contributed by atoms with Crippen LogP contribution in [0.2, 0.25) is 0 Å². The number of benzene rings is 3. The Labute approximate surface area is 183 Å². The van der Waals surface area contributed by atoms with Gasteiger partial charge in [-0.2, -0.15) is 0 Å². The van der Waals surface area contributed by atoms with Gasteiger partial charge in [-0.25, -0.2) is 8.42 Å². The zero-order valence-corrected chi connectivity index (χ0v) is 18.6. The summed E-state index contributed by atoms with van der Waals surface area (Å²) < 4.78 is 33.4. The topological polar surface area (TPSA) is 84.5 Å². The van der Waals surface area contributed by atoms with E-state index in [1.807, 2.05) is 50.2 Å². The summed E-state index contributed by atoms with van der Waals surface area (Å²) >= 11 is 0. The quantitative estimate of drug-likeness (QED) is 0.520. The molecule has 0 aromatic heterocycles. The Kier molecular flexibility index (Phi) is 7.09. The summed E-state index contributed by atoms with van der Waals surface area (Å²) in [6.45, 7) is 3.87. The third-order valence-electron chi connectivity index (χ3n) is 4.94. The van der Waals surface area contributed by atoms with Crippen molar-refractivity contribution in [1.82, 2.24) is 5.32 Å². The molecule has 0 aliphatic rings. The Bertz CT molecular complexity index is 1140. The molecule has 31 heavy (non-hydrogen) atoms. The van der Waals surface area contributed by atoms with Crippen molar-refractivity contribution in [3.8, 4) is 0 Å². The lowest BCUT2D eigenvalue weighted by atomic mass is 9.96. The molecule has 2 N–H and O–H groups in total. The van der Waals surface area contributed by atoms with E-state index in [1.165, 1.54) is 7.11 Å². The van der Waals surface area contributed by atoms with Crippen molar-refractivity contribution in [3.05, 3.63) is 95.1 Å². The van der Waals surface area contributed by atoms with Crippen LogP contribution in [0.15, 0.2) is 77.7 Å². The van der Waals surface area contributed by atoms with Gasteiger partial charge in [0.15, 0.2) is 0 Å². The lowest BCUT2D eigenvalue weighted by molar-refractivity contribution is -0.139. The molecule has 0 amide bonds. The molecule has 0 bridgehead atoms. The largest absolute Gasteiger partial charge is 0.468 e. The van der Waals surface area contributed by atoms with Gasteiger partial charge in [-0.05, 0) is 43.2 Å². The Hall–Kier alpha value is -3.16. The second-order valence-corrected chi connectivity index (χ2v) is 8.99. The summed E-state index contributed by atoms with van der Waals surface area (Å²) in [5.41, 5.74) is 4.11. The molecular weight excluding hydrogens is 412 g/mol. The maximum atomic E-state index is 13.0. The van der Waals surface area contributed by atoms with Crippen LogP contribution in [0.25, 0.3) is 0 Å². The summed E-state index contributed by atoms with van der Waals surface area (Å²) in [4.78, 5) is 11.9. The lowest BCUT2D eigenvalue weighted by Gasteiger charge is -2.23. The molecule has 0 spiro atoms. The monoisotopic (exact) mass is 438 g/mol. The number of sulfonamides is 1. The minimum atomic E-state index is -3.78. The standard InChI is InChI=1S/C24H26N2O4S/c1-17-8-12-19(13-9-17)24(25-16-23(27)30-3)21-6-4-5-7-22(21)26-31(28,29)20-14-10-18(2)11-15-20/h4-15,24-26H,16H2,1-3H3/t24-/m0/s1. The predicted octanol–water partition coefficient (Wildman–Crippen LogP) is 3.96. The van der Waals surface area contributed by atoms with Crippen LogP contribution in [0.5, 0.6) is 0 Å². The van der Waals surface area contributed by atoms with Crippen molar-refractivity contribution in [2.24, 2.45) is 0 Å². The molecule has 6 nitrogen and oxygen atoms in total. The zero-order valence-electron chi connectivity index (χ0n) is 17.8. The number of anilines is 1. The van der Waals surface area contributed by atoms with Gasteiger partial charge in [-0.1, -0.05) is 65.7 Å². The first kappa shape index (κ1) is 22.5. The first-order chi connectivity index (χ1) is 14.8. The molecule has 0 aliphatic carbocycles. The number of rotatable bonds is 8. The molecule has 0 saturated carbocycles. The van der Waals surface area contributed by atoms with Crippen molar-refractivity contribution in [2.45, 2.75) is 24.8 Å². The Balaban J connectivity index is 1.99. The van der Waals surface area contributed by atoms with Crippen LogP contribution < -0.4 is 10.0 Å². The molecule has 162 valence electrons. The van der Waals surface area contributed by atoms with E-state index < -0.39 is 22.0 Å². The minimum absolute atomic E-state index is 0.0198. The minimum Gasteiger partial charge on any atom is -0.468 e. The number of para-hydroxylation sites is 1. The fraction of sp³-hybridized carbons (Fsp3) is 0.208. The highest BCUT2D eigenvalue weighted by molar-refractivity contribution is 7.92. The average Bonchev–Trinajstić information content (AvgIpc) is 2.76. The van der Waals surface area contributed by atoms with Crippen LogP contribution in [0, 0.1) is 13.8 Å². The van der Waals surface area contributed by atoms with E-state index in [1.54, 1.807) is 36.4 Å². The molecule has 3 aromatic carbocycles. The fourth-order valence-electron chi connectivity index (χ4n) is 3.19. The summed E-state index contributed by atoms with van der Waals surface area (Å²) in [6, 6.07) is 21.2. The van der Waals surface area contributed by atoms with Crippen molar-refractivity contribution in [2.75, 3.05) is 18.4 Å². The van der Waals surface area contributed by atoms with Gasteiger partial charge in [0.05, 0.1) is 30.3 Å². The molecule has 7 heteroatoms. The first-order valence-corrected chi connectivity index (χ1v) is 11.3. The van der Waals surface area contributed by atoms with Crippen LogP contribution in [0.3, 0.4) is 0 Å². The number of esters is 1. The average molecular weight is 439 g/mol. The van der Waals surface area contributed by atoms with Crippen molar-refractivity contribution < 1.29 is 17.9 Å². The van der Waals surface area contributed by atoms with Gasteiger partial charge in [0, 0.05) is 0 Å². The summed E-state index contributed by atoms with van der Waals surface area (Å²) in [5.74, 6) is -0.408. The van der Waals surface area contributed by atoms with Gasteiger partial charge in [-0.3, -0.25) is 14.8 Å². The maximum Gasteiger partial charge on any atom is 0.319 e. The lowest BCUT2D eigenvalue weighted by Crippen LogP contribution is -2.30. The van der Waals surface area contributed by atoms with E-state index in [0.29, 0.717) is 11.3 Å². The van der Waals surface area contributed by atoms with Crippen LogP contribution in [0.1, 0.15) is 28.3 Å². The van der Waals surface area contributed by atoms with E-state index in [2.05, 4.69) is 10.0 Å². The van der Waals surface area contributed by atoms with Crippen molar-refractivity contribution in [1.29, 1.82) is 0 Å². The second-order valence-electron chi connectivity index (χ2n) is 7.31. The van der Waals surface area contributed by atoms with Gasteiger partial charge in [0.2, 0.25) is 0 Å². The third-order valence-corrected chi connectivity index (χ3v) is 6.32. The second kappa shape index (κ2) is 9.76. The number of hydrogen-bond donors (Lipinski definition) is 2. The molecule has 0 aliphatic heterocycles. The molecule has 0 fully saturated rings. The third kappa shape index (κ3) is 5.71. The van der Waals surface area contributed by atoms with Gasteiger partial charge in [0.1, 0.15) is 0 Å². The van der Waals surface area contributed by atoms with Crippen LogP contribution in [-0.2, 0) is 19.6 Å². The molecule has 0 heterocycles. The zero-order chi connectivity index (χ0) is 22.4. The Morgan fingerprint density at radius 1 is 0.903 bits per heavy atom. The van der Waals surface area contributed by atoms with Gasteiger partial charge >= 0.3 is 5.97 Å². The summed E-state index contributed by atoms with van der Waals surface area (Å²) in [6.07, 6.45) is 0. The molecule has 3 aromatic rings. The van der Waals surface area contributed by atoms with Gasteiger partial charge in [0.25, 0.3) is 10.0 Å². The SMILES string of the molecule is COC(=O)CN[C@@H](c1ccc(C)cc1)c1ccccc1NS(=O)(=O)c1ccc(C)cc1. The number of hydrogen-bond acceptors (Lipinski definition) is 5. The number of nitrogens with one attached hydrogen (secondary N) is 2. The molecule has 3 rings (SSSR count). The Morgan fingerprint density at radius 2 is 1.48 bits per heavy atom. The smallest absolute Gasteiger partial charge is 0.319 e. The van der Waals surface area contributed by atoms with E-state index in [-0.39, 0.29) is 11.4 Å². The van der Waals surface area contributed by atoms with Crippen LogP contribution >= 0.6 is 0 Å². The molecular formula is C24H26N2O4S. The maximum absolute atomic E-state index is 13.0. The molecule has 0 saturated heterocycles. The Morgan fingerprint density at radius 3 is 2.10 bits per heavy atom. The van der Waals surface area contributed by atoms with Crippen molar-refractivity contribution in [3.63, 3.8) is 0 Å². The highest BCUT2D eigenvalue weighted by Crippen LogP contribution is 2.30. The fourth-order valence-corrected chi connectivity index (χ4v) is 4.27. The van der Waals surface area contributed by atoms with Crippen LogP contribution in [-0.4, -0.2) is 28.0 Å². The number of ether oxygens (including phenoxy) is 1. The summed E-state index contributed by atoms with van der Waals surface area (Å²) in [5, 5.41) is 3.19. The molecule has 0 unspecified atom stereocenters. The van der Waals surface area contributed by atoms with E-state index in [4.69, 9.17) is 4.74 Å². The number of methoxy groups -OCH3 is 1. The molecule has 1 atom stereocenters. The number of carbonyl (C=O) groups is 1. The van der Waals surface area contributed by atoms with E-state index in [9.17, 15) is 13.2 Å². The molecule has 0 radical (unpaired) electrons. The normalized spacial score (nSPS) is 12.2. The van der Waals surface area contributed by atoms with E-state index in [0.717, 1.165) is 16.7 Å². The van der Waals surface area contributed by atoms with Gasteiger partial charge in [-0.15, -0.1) is 0 Å². The number of carbonyl (C=O) groups excluding carboxylic acids is 1.